The van der Waals surface area contributed by atoms with E-state index in [0.717, 1.165) is 12.1 Å². The molecule has 0 aliphatic heterocycles. The van der Waals surface area contributed by atoms with Crippen LogP contribution in [0.4, 0.5) is 13.2 Å². The van der Waals surface area contributed by atoms with E-state index in [1.165, 1.54) is 12.1 Å². The number of ketones is 1. The molecule has 2 rings (SSSR count). The van der Waals surface area contributed by atoms with Gasteiger partial charge in [-0.3, -0.25) is 9.59 Å². The number of ether oxygens (including phenoxy) is 1. The Bertz CT molecular complexity index is 769. The van der Waals surface area contributed by atoms with Crippen LogP contribution in [0.15, 0.2) is 48.5 Å². The van der Waals surface area contributed by atoms with E-state index in [0.29, 0.717) is 23.5 Å². The molecule has 0 radical (unpaired) electrons. The van der Waals surface area contributed by atoms with Crippen molar-refractivity contribution in [3.63, 3.8) is 0 Å². The average molecular weight is 379 g/mol. The summed E-state index contributed by atoms with van der Waals surface area (Å²) in [5, 5.41) is 2.60. The highest BCUT2D eigenvalue weighted by molar-refractivity contribution is 5.98. The van der Waals surface area contributed by atoms with Crippen LogP contribution in [0.5, 0.6) is 5.75 Å². The van der Waals surface area contributed by atoms with Crippen LogP contribution < -0.4 is 10.1 Å². The van der Waals surface area contributed by atoms with Gasteiger partial charge in [-0.25, -0.2) is 0 Å². The fourth-order valence-electron chi connectivity index (χ4n) is 2.38. The molecular weight excluding hydrogens is 359 g/mol. The Hall–Kier alpha value is -2.83. The quantitative estimate of drug-likeness (QED) is 0.693. The first-order chi connectivity index (χ1) is 12.8. The highest BCUT2D eigenvalue weighted by atomic mass is 19.4. The number of hydrogen-bond donors (Lipinski definition) is 1. The fraction of sp³-hybridized carbons (Fsp3) is 0.300. The van der Waals surface area contributed by atoms with Crippen molar-refractivity contribution in [1.82, 2.24) is 5.32 Å². The van der Waals surface area contributed by atoms with E-state index >= 15 is 0 Å². The van der Waals surface area contributed by atoms with Gasteiger partial charge in [0.05, 0.1) is 12.2 Å². The van der Waals surface area contributed by atoms with Crippen molar-refractivity contribution in [2.24, 2.45) is 0 Å². The minimum absolute atomic E-state index is 0.00663. The van der Waals surface area contributed by atoms with E-state index in [1.807, 2.05) is 6.92 Å². The maximum absolute atomic E-state index is 12.5. The van der Waals surface area contributed by atoms with E-state index < -0.39 is 11.7 Å². The minimum Gasteiger partial charge on any atom is -0.494 e. The van der Waals surface area contributed by atoms with Crippen molar-refractivity contribution in [3.05, 3.63) is 65.2 Å². The van der Waals surface area contributed by atoms with Gasteiger partial charge in [-0.2, -0.15) is 13.2 Å². The summed E-state index contributed by atoms with van der Waals surface area (Å²) in [5.74, 6) is 0.167. The molecule has 0 saturated carbocycles. The van der Waals surface area contributed by atoms with Crippen LogP contribution in [0.1, 0.15) is 41.3 Å². The molecule has 4 nitrogen and oxygen atoms in total. The zero-order valence-corrected chi connectivity index (χ0v) is 14.8. The highest BCUT2D eigenvalue weighted by Gasteiger charge is 2.29. The molecular formula is C20H20F3NO3. The Morgan fingerprint density at radius 2 is 1.59 bits per heavy atom. The number of Topliss-reactive ketones (excluding diaryl/α,β-unsaturated/α-hetero) is 1. The summed E-state index contributed by atoms with van der Waals surface area (Å²) in [6.07, 6.45) is -4.33. The fourth-order valence-corrected chi connectivity index (χ4v) is 2.38. The summed E-state index contributed by atoms with van der Waals surface area (Å²) in [7, 11) is 0. The zero-order chi connectivity index (χ0) is 19.9. The Morgan fingerprint density at radius 3 is 2.15 bits per heavy atom. The molecule has 0 aliphatic rings. The van der Waals surface area contributed by atoms with Gasteiger partial charge in [0.1, 0.15) is 5.75 Å². The second kappa shape index (κ2) is 9.21. The molecule has 1 N–H and O–H groups in total. The predicted octanol–water partition coefficient (Wildman–Crippen LogP) is 4.38. The summed E-state index contributed by atoms with van der Waals surface area (Å²) < 4.78 is 42.8. The maximum Gasteiger partial charge on any atom is 0.416 e. The maximum atomic E-state index is 12.5. The van der Waals surface area contributed by atoms with Crippen LogP contribution in [-0.4, -0.2) is 18.3 Å². The lowest BCUT2D eigenvalue weighted by atomic mass is 10.1. The van der Waals surface area contributed by atoms with Crippen LogP contribution in [0.3, 0.4) is 0 Å². The summed E-state index contributed by atoms with van der Waals surface area (Å²) in [6.45, 7) is 2.50. The third-order valence-electron chi connectivity index (χ3n) is 3.84. The highest BCUT2D eigenvalue weighted by Crippen LogP contribution is 2.29. The van der Waals surface area contributed by atoms with Crippen molar-refractivity contribution in [3.8, 4) is 5.75 Å². The van der Waals surface area contributed by atoms with Crippen molar-refractivity contribution in [2.75, 3.05) is 6.61 Å². The lowest BCUT2D eigenvalue weighted by molar-refractivity contribution is -0.137. The number of halogens is 3. The molecule has 0 bridgehead atoms. The van der Waals surface area contributed by atoms with Gasteiger partial charge in [-0.05, 0) is 48.9 Å². The van der Waals surface area contributed by atoms with E-state index in [-0.39, 0.29) is 31.1 Å². The molecule has 0 atom stereocenters. The van der Waals surface area contributed by atoms with Crippen LogP contribution >= 0.6 is 0 Å². The number of benzene rings is 2. The van der Waals surface area contributed by atoms with E-state index in [2.05, 4.69) is 5.32 Å². The van der Waals surface area contributed by atoms with Gasteiger partial charge in [0.25, 0.3) is 0 Å². The molecule has 0 aromatic heterocycles. The number of hydrogen-bond acceptors (Lipinski definition) is 3. The number of alkyl halides is 3. The summed E-state index contributed by atoms with van der Waals surface area (Å²) in [5.41, 5.74) is 0.307. The Labute approximate surface area is 155 Å². The monoisotopic (exact) mass is 379 g/mol. The van der Waals surface area contributed by atoms with Gasteiger partial charge in [0.15, 0.2) is 5.78 Å². The molecule has 0 aliphatic carbocycles. The van der Waals surface area contributed by atoms with Crippen molar-refractivity contribution in [1.29, 1.82) is 0 Å². The SMILES string of the molecule is CCOc1ccc(C(=O)CCC(=O)NCc2ccc(C(F)(F)F)cc2)cc1. The van der Waals surface area contributed by atoms with Crippen molar-refractivity contribution < 1.29 is 27.5 Å². The normalized spacial score (nSPS) is 11.1. The second-order valence-electron chi connectivity index (χ2n) is 5.85. The molecule has 144 valence electrons. The van der Waals surface area contributed by atoms with E-state index in [9.17, 15) is 22.8 Å². The lowest BCUT2D eigenvalue weighted by Gasteiger charge is -2.09. The molecule has 0 spiro atoms. The van der Waals surface area contributed by atoms with Crippen LogP contribution in [0, 0.1) is 0 Å². The van der Waals surface area contributed by atoms with E-state index in [1.54, 1.807) is 24.3 Å². The molecule has 27 heavy (non-hydrogen) atoms. The predicted molar refractivity (Wildman–Crippen MR) is 94.5 cm³/mol. The van der Waals surface area contributed by atoms with Crippen LogP contribution in [-0.2, 0) is 17.5 Å². The number of carbonyl (C=O) groups excluding carboxylic acids is 2. The number of nitrogens with one attached hydrogen (secondary N) is 1. The van der Waals surface area contributed by atoms with Crippen LogP contribution in [0.25, 0.3) is 0 Å². The molecule has 0 saturated heterocycles. The van der Waals surface area contributed by atoms with Gasteiger partial charge in [0.2, 0.25) is 5.91 Å². The third kappa shape index (κ3) is 6.44. The number of amides is 1. The minimum atomic E-state index is -4.39. The topological polar surface area (TPSA) is 55.4 Å². The summed E-state index contributed by atoms with van der Waals surface area (Å²) >= 11 is 0. The molecule has 1 amide bonds. The molecule has 7 heteroatoms. The molecule has 2 aromatic rings. The van der Waals surface area contributed by atoms with Crippen LogP contribution in [0.2, 0.25) is 0 Å². The molecule has 0 unspecified atom stereocenters. The third-order valence-corrected chi connectivity index (χ3v) is 3.84. The first-order valence-electron chi connectivity index (χ1n) is 8.48. The lowest BCUT2D eigenvalue weighted by Crippen LogP contribution is -2.23. The number of carbonyl (C=O) groups is 2. The van der Waals surface area contributed by atoms with Gasteiger partial charge < -0.3 is 10.1 Å². The van der Waals surface area contributed by atoms with Gasteiger partial charge >= 0.3 is 6.18 Å². The Kier molecular flexibility index (Phi) is 6.98. The largest absolute Gasteiger partial charge is 0.494 e. The van der Waals surface area contributed by atoms with Gasteiger partial charge in [-0.15, -0.1) is 0 Å². The van der Waals surface area contributed by atoms with Gasteiger partial charge in [0, 0.05) is 24.9 Å². The van der Waals surface area contributed by atoms with Crippen molar-refractivity contribution >= 4 is 11.7 Å². The Morgan fingerprint density at radius 1 is 0.963 bits per heavy atom. The number of rotatable bonds is 8. The van der Waals surface area contributed by atoms with E-state index in [4.69, 9.17) is 4.74 Å². The summed E-state index contributed by atoms with van der Waals surface area (Å²) in [6, 6.07) is 11.2. The first-order valence-corrected chi connectivity index (χ1v) is 8.48. The molecule has 0 heterocycles. The molecule has 2 aromatic carbocycles. The Balaban J connectivity index is 1.78. The first kappa shape index (κ1) is 20.5. The van der Waals surface area contributed by atoms with Crippen molar-refractivity contribution in [2.45, 2.75) is 32.5 Å². The second-order valence-corrected chi connectivity index (χ2v) is 5.85. The smallest absolute Gasteiger partial charge is 0.416 e. The summed E-state index contributed by atoms with van der Waals surface area (Å²) in [4.78, 5) is 24.0. The average Bonchev–Trinajstić information content (AvgIpc) is 2.65. The van der Waals surface area contributed by atoms with Gasteiger partial charge in [-0.1, -0.05) is 12.1 Å². The standard InChI is InChI=1S/C20H20F3NO3/c1-2-27-17-9-5-15(6-10-17)18(25)11-12-19(26)24-13-14-3-7-16(8-4-14)20(21,22)23/h3-10H,2,11-13H2,1H3,(H,24,26). The zero-order valence-electron chi connectivity index (χ0n) is 14.8. The molecule has 0 fully saturated rings.